The lowest BCUT2D eigenvalue weighted by Crippen LogP contribution is -2.43. The second-order valence-corrected chi connectivity index (χ2v) is 5.09. The summed E-state index contributed by atoms with van der Waals surface area (Å²) in [5, 5.41) is 11.6. The molecule has 21 heavy (non-hydrogen) atoms. The zero-order valence-corrected chi connectivity index (χ0v) is 12.3. The third kappa shape index (κ3) is 3.40. The smallest absolute Gasteiger partial charge is 0.119 e. The highest BCUT2D eigenvalue weighted by atomic mass is 16.5. The summed E-state index contributed by atoms with van der Waals surface area (Å²) in [5.74, 6) is 0.880. The van der Waals surface area contributed by atoms with Crippen molar-refractivity contribution in [2.24, 2.45) is 0 Å². The zero-order valence-electron chi connectivity index (χ0n) is 12.3. The molecule has 0 atom stereocenters. The summed E-state index contributed by atoms with van der Waals surface area (Å²) in [6.45, 7) is 7.76. The first-order chi connectivity index (χ1) is 10.4. The predicted octanol–water partition coefficient (Wildman–Crippen LogP) is 1.07. The molecule has 1 aliphatic heterocycles. The van der Waals surface area contributed by atoms with Crippen molar-refractivity contribution in [3.63, 3.8) is 0 Å². The Bertz CT molecular complexity index is 560. The lowest BCUT2D eigenvalue weighted by atomic mass is 10.3. The van der Waals surface area contributed by atoms with Gasteiger partial charge in [0, 0.05) is 32.7 Å². The minimum absolute atomic E-state index is 0.677. The molecule has 2 aromatic rings. The average molecular weight is 287 g/mol. The second kappa shape index (κ2) is 6.69. The van der Waals surface area contributed by atoms with Gasteiger partial charge >= 0.3 is 0 Å². The van der Waals surface area contributed by atoms with E-state index in [1.807, 2.05) is 42.1 Å². The molecule has 1 aliphatic rings. The van der Waals surface area contributed by atoms with Gasteiger partial charge in [-0.15, -0.1) is 5.10 Å². The van der Waals surface area contributed by atoms with Crippen LogP contribution in [0.15, 0.2) is 30.5 Å². The fourth-order valence-corrected chi connectivity index (χ4v) is 2.53. The maximum atomic E-state index is 5.47. The molecule has 0 radical (unpaired) electrons. The molecule has 0 spiro atoms. The van der Waals surface area contributed by atoms with Crippen molar-refractivity contribution in [3.8, 4) is 11.4 Å². The maximum absolute atomic E-state index is 5.47. The molecule has 0 saturated carbocycles. The van der Waals surface area contributed by atoms with Crippen molar-refractivity contribution in [1.29, 1.82) is 0 Å². The molecule has 1 aromatic carbocycles. The minimum Gasteiger partial charge on any atom is -0.494 e. The zero-order chi connectivity index (χ0) is 14.5. The predicted molar refractivity (Wildman–Crippen MR) is 80.7 cm³/mol. The summed E-state index contributed by atoms with van der Waals surface area (Å²) >= 11 is 0. The molecule has 0 bridgehead atoms. The van der Waals surface area contributed by atoms with Crippen molar-refractivity contribution in [1.82, 2.24) is 25.2 Å². The van der Waals surface area contributed by atoms with E-state index in [2.05, 4.69) is 20.5 Å². The van der Waals surface area contributed by atoms with Crippen molar-refractivity contribution in [3.05, 3.63) is 36.2 Å². The Hall–Kier alpha value is -1.92. The van der Waals surface area contributed by atoms with E-state index in [-0.39, 0.29) is 0 Å². The highest BCUT2D eigenvalue weighted by molar-refractivity contribution is 5.37. The van der Waals surface area contributed by atoms with Gasteiger partial charge in [0.15, 0.2) is 0 Å². The quantitative estimate of drug-likeness (QED) is 0.891. The summed E-state index contributed by atoms with van der Waals surface area (Å²) in [7, 11) is 0. The van der Waals surface area contributed by atoms with Crippen LogP contribution in [0.3, 0.4) is 0 Å². The number of aromatic nitrogens is 3. The fraction of sp³-hybridized carbons (Fsp3) is 0.467. The third-order valence-corrected chi connectivity index (χ3v) is 3.61. The van der Waals surface area contributed by atoms with E-state index in [1.165, 1.54) is 0 Å². The van der Waals surface area contributed by atoms with Crippen LogP contribution in [-0.4, -0.2) is 52.7 Å². The van der Waals surface area contributed by atoms with E-state index in [1.54, 1.807) is 0 Å². The normalized spacial score (nSPS) is 16.0. The summed E-state index contributed by atoms with van der Waals surface area (Å²) in [6, 6.07) is 7.96. The molecule has 1 fully saturated rings. The first-order valence-corrected chi connectivity index (χ1v) is 7.42. The highest BCUT2D eigenvalue weighted by Gasteiger charge is 2.14. The second-order valence-electron chi connectivity index (χ2n) is 5.09. The fourth-order valence-electron chi connectivity index (χ4n) is 2.53. The van der Waals surface area contributed by atoms with Crippen LogP contribution in [0.2, 0.25) is 0 Å². The number of hydrogen-bond donors (Lipinski definition) is 1. The van der Waals surface area contributed by atoms with Gasteiger partial charge in [0.05, 0.1) is 24.2 Å². The number of rotatable bonds is 5. The average Bonchev–Trinajstić information content (AvgIpc) is 2.98. The molecule has 1 aromatic heterocycles. The summed E-state index contributed by atoms with van der Waals surface area (Å²) in [6.07, 6.45) is 1.85. The van der Waals surface area contributed by atoms with Gasteiger partial charge in [-0.05, 0) is 31.2 Å². The molecule has 2 heterocycles. The Labute approximate surface area is 124 Å². The molecule has 0 aliphatic carbocycles. The van der Waals surface area contributed by atoms with Crippen LogP contribution in [0, 0.1) is 0 Å². The Morgan fingerprint density at radius 3 is 2.67 bits per heavy atom. The van der Waals surface area contributed by atoms with Crippen molar-refractivity contribution in [2.75, 3.05) is 32.8 Å². The van der Waals surface area contributed by atoms with E-state index in [9.17, 15) is 0 Å². The molecule has 6 nitrogen and oxygen atoms in total. The van der Waals surface area contributed by atoms with E-state index < -0.39 is 0 Å². The van der Waals surface area contributed by atoms with Crippen LogP contribution in [0.1, 0.15) is 12.6 Å². The van der Waals surface area contributed by atoms with Gasteiger partial charge < -0.3 is 10.1 Å². The van der Waals surface area contributed by atoms with Gasteiger partial charge in [-0.2, -0.15) is 0 Å². The first-order valence-electron chi connectivity index (χ1n) is 7.42. The Morgan fingerprint density at radius 2 is 1.95 bits per heavy atom. The third-order valence-electron chi connectivity index (χ3n) is 3.61. The molecule has 0 unspecified atom stereocenters. The van der Waals surface area contributed by atoms with Gasteiger partial charge in [-0.1, -0.05) is 5.21 Å². The Balaban J connectivity index is 1.74. The molecule has 3 rings (SSSR count). The van der Waals surface area contributed by atoms with Gasteiger partial charge in [0.25, 0.3) is 0 Å². The van der Waals surface area contributed by atoms with Gasteiger partial charge in [0.1, 0.15) is 5.75 Å². The summed E-state index contributed by atoms with van der Waals surface area (Å²) in [5.41, 5.74) is 2.13. The van der Waals surface area contributed by atoms with Crippen LogP contribution >= 0.6 is 0 Å². The van der Waals surface area contributed by atoms with E-state index in [4.69, 9.17) is 4.74 Å². The summed E-state index contributed by atoms with van der Waals surface area (Å²) in [4.78, 5) is 2.42. The van der Waals surface area contributed by atoms with Crippen molar-refractivity contribution < 1.29 is 4.74 Å². The SMILES string of the molecule is CCOc1ccc(-n2nncc2CN2CCNCC2)cc1. The largest absolute Gasteiger partial charge is 0.494 e. The molecule has 6 heteroatoms. The highest BCUT2D eigenvalue weighted by Crippen LogP contribution is 2.16. The number of benzene rings is 1. The topological polar surface area (TPSA) is 55.2 Å². The molecular formula is C15H21N5O. The van der Waals surface area contributed by atoms with Crippen LogP contribution in [0.25, 0.3) is 5.69 Å². The Kier molecular flexibility index (Phi) is 4.47. The number of piperazine rings is 1. The Morgan fingerprint density at radius 1 is 1.19 bits per heavy atom. The van der Waals surface area contributed by atoms with E-state index in [0.717, 1.165) is 49.9 Å². The van der Waals surface area contributed by atoms with Crippen LogP contribution < -0.4 is 10.1 Å². The van der Waals surface area contributed by atoms with Crippen LogP contribution in [0.5, 0.6) is 5.75 Å². The number of nitrogens with zero attached hydrogens (tertiary/aromatic N) is 4. The first kappa shape index (κ1) is 14.0. The number of hydrogen-bond acceptors (Lipinski definition) is 5. The number of nitrogens with one attached hydrogen (secondary N) is 1. The lowest BCUT2D eigenvalue weighted by Gasteiger charge is -2.26. The van der Waals surface area contributed by atoms with Gasteiger partial charge in [-0.25, -0.2) is 4.68 Å². The molecule has 1 N–H and O–H groups in total. The maximum Gasteiger partial charge on any atom is 0.119 e. The van der Waals surface area contributed by atoms with E-state index in [0.29, 0.717) is 6.61 Å². The van der Waals surface area contributed by atoms with Gasteiger partial charge in [0.2, 0.25) is 0 Å². The molecule has 0 amide bonds. The van der Waals surface area contributed by atoms with Gasteiger partial charge in [-0.3, -0.25) is 4.90 Å². The molecule has 1 saturated heterocycles. The van der Waals surface area contributed by atoms with Crippen LogP contribution in [-0.2, 0) is 6.54 Å². The molecular weight excluding hydrogens is 266 g/mol. The summed E-state index contributed by atoms with van der Waals surface area (Å²) < 4.78 is 7.37. The van der Waals surface area contributed by atoms with Crippen molar-refractivity contribution >= 4 is 0 Å². The standard InChI is InChI=1S/C15H21N5O/c1-2-21-15-5-3-13(4-6-15)20-14(11-17-18-20)12-19-9-7-16-8-10-19/h3-6,11,16H,2,7-10,12H2,1H3. The minimum atomic E-state index is 0.677. The lowest BCUT2D eigenvalue weighted by molar-refractivity contribution is 0.229. The number of ether oxygens (including phenoxy) is 1. The monoisotopic (exact) mass is 287 g/mol. The van der Waals surface area contributed by atoms with E-state index >= 15 is 0 Å². The van der Waals surface area contributed by atoms with Crippen molar-refractivity contribution in [2.45, 2.75) is 13.5 Å². The molecule has 112 valence electrons. The van der Waals surface area contributed by atoms with Crippen LogP contribution in [0.4, 0.5) is 0 Å².